The van der Waals surface area contributed by atoms with E-state index < -0.39 is 33.8 Å². The van der Waals surface area contributed by atoms with Crippen molar-refractivity contribution in [1.29, 1.82) is 0 Å². The molecule has 4 N–H and O–H groups in total. The first kappa shape index (κ1) is 45.9. The zero-order valence-corrected chi connectivity index (χ0v) is 38.4. The minimum absolute atomic E-state index is 0.0401. The average Bonchev–Trinajstić information content (AvgIpc) is 3.68. The lowest BCUT2D eigenvalue weighted by atomic mass is 9.85. The van der Waals surface area contributed by atoms with E-state index in [1.165, 1.54) is 0 Å². The molecule has 9 rings (SSSR count). The van der Waals surface area contributed by atoms with Crippen LogP contribution in [0.4, 0.5) is 5.69 Å². The molecule has 3 aliphatic rings. The third kappa shape index (κ3) is 10.7. The fraction of sp³-hybridized carbons (Fsp3) is 0.296. The number of hydrogen-bond acceptors (Lipinski definition) is 9. The number of para-hydroxylation sites is 1. The molecule has 0 aliphatic carbocycles. The Morgan fingerprint density at radius 3 is 2.16 bits per heavy atom. The van der Waals surface area contributed by atoms with Crippen LogP contribution in [0.15, 0.2) is 163 Å². The smallest absolute Gasteiger partial charge is 0.247 e. The van der Waals surface area contributed by atoms with Gasteiger partial charge in [0.25, 0.3) is 0 Å². The molecule has 4 unspecified atom stereocenters. The number of anilines is 1. The van der Waals surface area contributed by atoms with Crippen LogP contribution in [0.25, 0.3) is 11.1 Å². The number of aliphatic hydroxyl groups is 1. The lowest BCUT2D eigenvalue weighted by Gasteiger charge is -2.45. The second-order valence-corrected chi connectivity index (χ2v) is 19.5. The molecule has 0 aromatic heterocycles. The van der Waals surface area contributed by atoms with Crippen LogP contribution in [0.1, 0.15) is 65.0 Å². The number of carbonyl (C=O) groups is 2. The second kappa shape index (κ2) is 20.4. The number of benzene rings is 6. The van der Waals surface area contributed by atoms with Crippen LogP contribution in [0.5, 0.6) is 0 Å². The van der Waals surface area contributed by atoms with Gasteiger partial charge in [-0.15, -0.1) is 0 Å². The number of hydrogen-bond donors (Lipinski definition) is 4. The fourth-order valence-corrected chi connectivity index (χ4v) is 10.7. The van der Waals surface area contributed by atoms with Gasteiger partial charge < -0.3 is 35.0 Å². The summed E-state index contributed by atoms with van der Waals surface area (Å²) in [4.78, 5) is 31.9. The van der Waals surface area contributed by atoms with Crippen molar-refractivity contribution >= 4 is 27.5 Å². The molecule has 67 heavy (non-hydrogen) atoms. The molecule has 4 atom stereocenters. The Balaban J connectivity index is 0.895. The second-order valence-electron chi connectivity index (χ2n) is 17.8. The van der Waals surface area contributed by atoms with E-state index in [1.54, 1.807) is 24.3 Å². The van der Waals surface area contributed by atoms with Crippen LogP contribution >= 0.6 is 0 Å². The number of nitrogens with zero attached hydrogens (tertiary/aromatic N) is 2. The third-order valence-electron chi connectivity index (χ3n) is 13.3. The number of sulfonamides is 1. The van der Waals surface area contributed by atoms with Crippen molar-refractivity contribution in [3.63, 3.8) is 0 Å². The largest absolute Gasteiger partial charge is 0.392 e. The zero-order chi connectivity index (χ0) is 46.4. The maximum atomic E-state index is 13.8. The Morgan fingerprint density at radius 1 is 0.776 bits per heavy atom. The predicted octanol–water partition coefficient (Wildman–Crippen LogP) is 7.33. The number of carbonyl (C=O) groups excluding carboxylic acids is 2. The number of ether oxygens (including phenoxy) is 2. The van der Waals surface area contributed by atoms with Crippen LogP contribution in [0.3, 0.4) is 0 Å². The molecule has 6 aromatic rings. The summed E-state index contributed by atoms with van der Waals surface area (Å²) in [5.41, 5.74) is 7.65. The van der Waals surface area contributed by atoms with Gasteiger partial charge in [-0.2, -0.15) is 4.72 Å². The highest BCUT2D eigenvalue weighted by atomic mass is 32.2. The molecule has 3 heterocycles. The number of rotatable bonds is 15. The Hall–Kier alpha value is -6.19. The molecule has 3 fully saturated rings. The van der Waals surface area contributed by atoms with Crippen LogP contribution in [0.2, 0.25) is 0 Å². The zero-order valence-electron chi connectivity index (χ0n) is 37.6. The summed E-state index contributed by atoms with van der Waals surface area (Å²) in [5, 5.41) is 15.8. The van der Waals surface area contributed by atoms with E-state index in [-0.39, 0.29) is 42.6 Å². The maximum absolute atomic E-state index is 13.8. The van der Waals surface area contributed by atoms with Gasteiger partial charge in [-0.3, -0.25) is 9.59 Å². The van der Waals surface area contributed by atoms with E-state index >= 15 is 0 Å². The van der Waals surface area contributed by atoms with Gasteiger partial charge in [0.2, 0.25) is 21.8 Å². The summed E-state index contributed by atoms with van der Waals surface area (Å²) in [5.74, 6) is -0.345. The highest BCUT2D eigenvalue weighted by Crippen LogP contribution is 2.41. The van der Waals surface area contributed by atoms with Gasteiger partial charge in [0.15, 0.2) is 6.29 Å². The van der Waals surface area contributed by atoms with Gasteiger partial charge in [0.05, 0.1) is 30.4 Å². The lowest BCUT2D eigenvalue weighted by Crippen LogP contribution is -2.57. The summed E-state index contributed by atoms with van der Waals surface area (Å²) >= 11 is 0. The number of aliphatic hydroxyl groups excluding tert-OH is 1. The maximum Gasteiger partial charge on any atom is 0.247 e. The summed E-state index contributed by atoms with van der Waals surface area (Å²) in [6.07, 6.45) is 1.14. The van der Waals surface area contributed by atoms with E-state index in [0.717, 1.165) is 63.3 Å². The molecular weight excluding hydrogens is 863 g/mol. The van der Waals surface area contributed by atoms with Crippen molar-refractivity contribution in [1.82, 2.24) is 20.3 Å². The quantitative estimate of drug-likeness (QED) is 0.0831. The van der Waals surface area contributed by atoms with E-state index in [9.17, 15) is 23.1 Å². The normalized spacial score (nSPS) is 20.1. The van der Waals surface area contributed by atoms with Crippen LogP contribution in [-0.4, -0.2) is 74.2 Å². The summed E-state index contributed by atoms with van der Waals surface area (Å²) in [7, 11) is -3.99. The molecule has 1 spiro atoms. The standard InChI is InChI=1S/C54H57N5O7S/c1-38-18-24-48(25-19-38)67(63,64)57-49(31-39-10-4-2-5-11-39)51(61)55-34-41-12-8-13-43(30-41)44-14-9-15-45(32-44)52-65-47(33-50(66-52)42-22-20-40(36-60)21-23-42)35-58-28-26-54(27-29-58)53(62)56-37-59(54)46-16-6-3-7-17-46/h2-25,30,32,47,49-50,52,57,60H,26-29,31,33-37H2,1H3,(H,55,61)(H,56,62). The molecule has 3 saturated heterocycles. The van der Waals surface area contributed by atoms with Crippen molar-refractivity contribution in [2.75, 3.05) is 31.2 Å². The average molecular weight is 920 g/mol. The summed E-state index contributed by atoms with van der Waals surface area (Å²) < 4.78 is 43.2. The van der Waals surface area contributed by atoms with Crippen molar-refractivity contribution in [2.45, 2.75) is 80.7 Å². The van der Waals surface area contributed by atoms with Crippen molar-refractivity contribution < 1.29 is 32.6 Å². The Bertz CT molecular complexity index is 2750. The number of piperidine rings is 1. The van der Waals surface area contributed by atoms with E-state index in [1.807, 2.05) is 122 Å². The highest BCUT2D eigenvalue weighted by molar-refractivity contribution is 7.89. The first-order valence-electron chi connectivity index (χ1n) is 23.0. The van der Waals surface area contributed by atoms with Gasteiger partial charge in [-0.05, 0) is 96.0 Å². The number of likely N-dealkylation sites (tertiary alicyclic amines) is 1. The Morgan fingerprint density at radius 2 is 1.45 bits per heavy atom. The highest BCUT2D eigenvalue weighted by Gasteiger charge is 2.50. The van der Waals surface area contributed by atoms with Gasteiger partial charge in [0.1, 0.15) is 11.6 Å². The van der Waals surface area contributed by atoms with Crippen molar-refractivity contribution in [3.8, 4) is 11.1 Å². The van der Waals surface area contributed by atoms with E-state index in [4.69, 9.17) is 9.47 Å². The minimum atomic E-state index is -3.99. The van der Waals surface area contributed by atoms with Crippen LogP contribution in [-0.2, 0) is 48.7 Å². The van der Waals surface area contributed by atoms with Crippen molar-refractivity contribution in [2.24, 2.45) is 0 Å². The van der Waals surface area contributed by atoms with E-state index in [2.05, 4.69) is 43.4 Å². The first-order chi connectivity index (χ1) is 32.5. The Labute approximate surface area is 393 Å². The lowest BCUT2D eigenvalue weighted by molar-refractivity contribution is -0.253. The minimum Gasteiger partial charge on any atom is -0.392 e. The predicted molar refractivity (Wildman–Crippen MR) is 258 cm³/mol. The molecule has 0 radical (unpaired) electrons. The number of aryl methyl sites for hydroxylation is 1. The number of nitrogens with one attached hydrogen (secondary N) is 3. The SMILES string of the molecule is Cc1ccc(S(=O)(=O)NC(Cc2ccccc2)C(=O)NCc2cccc(-c3cccc(C4OC(CN5CCC6(CC5)C(=O)NCN6c5ccccc5)CC(c5ccc(CO)cc5)O4)c3)c2)cc1. The van der Waals surface area contributed by atoms with Gasteiger partial charge in [0, 0.05) is 43.9 Å². The molecule has 346 valence electrons. The summed E-state index contributed by atoms with van der Waals surface area (Å²) in [6.45, 7) is 4.72. The van der Waals surface area contributed by atoms with Gasteiger partial charge in [-0.25, -0.2) is 8.42 Å². The molecule has 0 bridgehead atoms. The van der Waals surface area contributed by atoms with Crippen LogP contribution in [0, 0.1) is 6.92 Å². The monoisotopic (exact) mass is 919 g/mol. The third-order valence-corrected chi connectivity index (χ3v) is 14.8. The number of amides is 2. The topological polar surface area (TPSA) is 150 Å². The molecular formula is C54H57N5O7S. The van der Waals surface area contributed by atoms with Gasteiger partial charge in [-0.1, -0.05) is 127 Å². The molecule has 12 nitrogen and oxygen atoms in total. The molecule has 3 aliphatic heterocycles. The molecule has 0 saturated carbocycles. The first-order valence-corrected chi connectivity index (χ1v) is 24.5. The summed E-state index contributed by atoms with van der Waals surface area (Å²) in [6, 6.07) is 48.9. The Kier molecular flexibility index (Phi) is 14.0. The van der Waals surface area contributed by atoms with Gasteiger partial charge >= 0.3 is 0 Å². The van der Waals surface area contributed by atoms with E-state index in [0.29, 0.717) is 32.5 Å². The molecule has 13 heteroatoms. The van der Waals surface area contributed by atoms with Crippen LogP contribution < -0.4 is 20.3 Å². The molecule has 6 aromatic carbocycles. The van der Waals surface area contributed by atoms with Crippen molar-refractivity contribution in [3.05, 3.63) is 191 Å². The fourth-order valence-electron chi connectivity index (χ4n) is 9.51. The molecule has 2 amide bonds.